The lowest BCUT2D eigenvalue weighted by atomic mass is 9.90. The van der Waals surface area contributed by atoms with Crippen molar-refractivity contribution in [3.05, 3.63) is 53.3 Å². The van der Waals surface area contributed by atoms with E-state index >= 15 is 0 Å². The summed E-state index contributed by atoms with van der Waals surface area (Å²) in [5, 5.41) is 21.7. The van der Waals surface area contributed by atoms with Gasteiger partial charge in [-0.1, -0.05) is 0 Å². The number of H-pyrrole nitrogens is 1. The van der Waals surface area contributed by atoms with E-state index in [9.17, 15) is 18.0 Å². The van der Waals surface area contributed by atoms with E-state index in [0.717, 1.165) is 6.07 Å². The first-order chi connectivity index (χ1) is 14.8. The molecule has 0 spiro atoms. The van der Waals surface area contributed by atoms with Crippen LogP contribution in [-0.2, 0) is 6.18 Å². The number of benzene rings is 1. The van der Waals surface area contributed by atoms with Crippen LogP contribution in [0.15, 0.2) is 36.7 Å². The Labute approximate surface area is 175 Å². The van der Waals surface area contributed by atoms with Crippen molar-refractivity contribution in [3.8, 4) is 6.07 Å². The summed E-state index contributed by atoms with van der Waals surface area (Å²) in [7, 11) is 0. The molecule has 1 saturated carbocycles. The van der Waals surface area contributed by atoms with E-state index in [-0.39, 0.29) is 18.0 Å². The van der Waals surface area contributed by atoms with Gasteiger partial charge in [-0.25, -0.2) is 0 Å². The van der Waals surface area contributed by atoms with Gasteiger partial charge in [0.25, 0.3) is 5.91 Å². The average molecular weight is 428 g/mol. The second-order valence-electron chi connectivity index (χ2n) is 7.53. The third-order valence-electron chi connectivity index (χ3n) is 5.47. The molecule has 2 aromatic heterocycles. The van der Waals surface area contributed by atoms with E-state index < -0.39 is 17.3 Å². The van der Waals surface area contributed by atoms with Crippen molar-refractivity contribution in [1.82, 2.24) is 20.5 Å². The Morgan fingerprint density at radius 2 is 1.90 bits per heavy atom. The molecule has 0 bridgehead atoms. The van der Waals surface area contributed by atoms with Crippen LogP contribution in [-0.4, -0.2) is 33.2 Å². The molecule has 160 valence electrons. The van der Waals surface area contributed by atoms with Gasteiger partial charge >= 0.3 is 6.18 Å². The fourth-order valence-corrected chi connectivity index (χ4v) is 3.89. The molecule has 0 atom stereocenters. The second kappa shape index (κ2) is 8.26. The lowest BCUT2D eigenvalue weighted by Crippen LogP contribution is -2.40. The highest BCUT2D eigenvalue weighted by Gasteiger charge is 2.34. The molecule has 4 rings (SSSR count). The number of aromatic amines is 1. The third kappa shape index (κ3) is 4.45. The Kier molecular flexibility index (Phi) is 5.50. The van der Waals surface area contributed by atoms with Gasteiger partial charge in [0.15, 0.2) is 0 Å². The lowest BCUT2D eigenvalue weighted by molar-refractivity contribution is -0.137. The number of carbonyl (C=O) groups excluding carboxylic acids is 1. The SMILES string of the molecule is N#Cc1ccc(N[C@H]2CC[C@@H](NC(=O)c3ccnc4cn[nH]c34)CC2)cc1C(F)(F)F. The van der Waals surface area contributed by atoms with Crippen molar-refractivity contribution >= 4 is 22.6 Å². The molecular formula is C21H19F3N6O. The fourth-order valence-electron chi connectivity index (χ4n) is 3.89. The number of alkyl halides is 3. The van der Waals surface area contributed by atoms with E-state index in [0.29, 0.717) is 48.0 Å². The number of hydrogen-bond donors (Lipinski definition) is 3. The maximum Gasteiger partial charge on any atom is 0.417 e. The van der Waals surface area contributed by atoms with E-state index in [2.05, 4.69) is 25.8 Å². The zero-order valence-corrected chi connectivity index (χ0v) is 16.3. The topological polar surface area (TPSA) is 106 Å². The highest BCUT2D eigenvalue weighted by Crippen LogP contribution is 2.34. The van der Waals surface area contributed by atoms with E-state index in [1.165, 1.54) is 12.1 Å². The van der Waals surface area contributed by atoms with Gasteiger partial charge < -0.3 is 10.6 Å². The second-order valence-corrected chi connectivity index (χ2v) is 7.53. The summed E-state index contributed by atoms with van der Waals surface area (Å²) in [6.45, 7) is 0. The molecule has 2 heterocycles. The van der Waals surface area contributed by atoms with Crippen LogP contribution in [0.3, 0.4) is 0 Å². The average Bonchev–Trinajstić information content (AvgIpc) is 3.23. The summed E-state index contributed by atoms with van der Waals surface area (Å²) in [6, 6.07) is 6.82. The minimum atomic E-state index is -4.59. The molecule has 1 amide bonds. The quantitative estimate of drug-likeness (QED) is 0.582. The number of rotatable bonds is 4. The minimum Gasteiger partial charge on any atom is -0.382 e. The summed E-state index contributed by atoms with van der Waals surface area (Å²) >= 11 is 0. The van der Waals surface area contributed by atoms with Crippen molar-refractivity contribution < 1.29 is 18.0 Å². The zero-order valence-electron chi connectivity index (χ0n) is 16.3. The Bertz CT molecular complexity index is 1140. The van der Waals surface area contributed by atoms with Crippen molar-refractivity contribution in [2.45, 2.75) is 43.9 Å². The lowest BCUT2D eigenvalue weighted by Gasteiger charge is -2.30. The van der Waals surface area contributed by atoms with Gasteiger partial charge in [-0.05, 0) is 49.9 Å². The highest BCUT2D eigenvalue weighted by atomic mass is 19.4. The maximum atomic E-state index is 13.2. The van der Waals surface area contributed by atoms with E-state index in [4.69, 9.17) is 5.26 Å². The molecule has 0 radical (unpaired) electrons. The molecule has 1 aromatic carbocycles. The van der Waals surface area contributed by atoms with E-state index in [1.807, 2.05) is 0 Å². The highest BCUT2D eigenvalue weighted by molar-refractivity contribution is 6.04. The van der Waals surface area contributed by atoms with Crippen LogP contribution in [0.4, 0.5) is 18.9 Å². The van der Waals surface area contributed by atoms with Crippen molar-refractivity contribution in [2.75, 3.05) is 5.32 Å². The summed E-state index contributed by atoms with van der Waals surface area (Å²) in [5.74, 6) is -0.213. The monoisotopic (exact) mass is 428 g/mol. The maximum absolute atomic E-state index is 13.2. The van der Waals surface area contributed by atoms with Crippen molar-refractivity contribution in [1.29, 1.82) is 5.26 Å². The molecule has 7 nitrogen and oxygen atoms in total. The van der Waals surface area contributed by atoms with Crippen LogP contribution < -0.4 is 10.6 Å². The molecular weight excluding hydrogens is 409 g/mol. The summed E-state index contributed by atoms with van der Waals surface area (Å²) < 4.78 is 39.5. The number of carbonyl (C=O) groups is 1. The predicted octanol–water partition coefficient (Wildman–Crippen LogP) is 4.00. The molecule has 10 heteroatoms. The fraction of sp³-hybridized carbons (Fsp3) is 0.333. The van der Waals surface area contributed by atoms with Crippen LogP contribution in [0.1, 0.15) is 47.2 Å². The zero-order chi connectivity index (χ0) is 22.0. The molecule has 0 saturated heterocycles. The van der Waals surface area contributed by atoms with Gasteiger partial charge in [-0.15, -0.1) is 0 Å². The van der Waals surface area contributed by atoms with Crippen molar-refractivity contribution in [3.63, 3.8) is 0 Å². The standard InChI is InChI=1S/C21H19F3N6O/c22-21(23,24)17-9-15(2-1-12(17)10-25)28-13-3-5-14(6-4-13)29-20(31)16-7-8-26-18-11-27-30-19(16)18/h1-2,7-9,11,13-14,28H,3-6H2,(H,27,30)(H,29,31)/t13-,14+. The predicted molar refractivity (Wildman–Crippen MR) is 107 cm³/mol. The first kappa shape index (κ1) is 20.7. The molecule has 3 N–H and O–H groups in total. The van der Waals surface area contributed by atoms with Crippen LogP contribution in [0.2, 0.25) is 0 Å². The van der Waals surface area contributed by atoms with Gasteiger partial charge in [0.05, 0.1) is 34.5 Å². The molecule has 0 unspecified atom stereocenters. The summed E-state index contributed by atoms with van der Waals surface area (Å²) in [6.07, 6.45) is 1.31. The van der Waals surface area contributed by atoms with Gasteiger partial charge in [0.2, 0.25) is 0 Å². The number of nitrogens with one attached hydrogen (secondary N) is 3. The summed E-state index contributed by atoms with van der Waals surface area (Å²) in [5.41, 5.74) is 0.658. The number of halogens is 3. The van der Waals surface area contributed by atoms with Crippen LogP contribution >= 0.6 is 0 Å². The Balaban J connectivity index is 1.36. The number of anilines is 1. The van der Waals surface area contributed by atoms with Crippen LogP contribution in [0.5, 0.6) is 0 Å². The smallest absolute Gasteiger partial charge is 0.382 e. The number of pyridine rings is 1. The Hall–Kier alpha value is -3.61. The molecule has 1 aliphatic carbocycles. The Morgan fingerprint density at radius 3 is 2.61 bits per heavy atom. The van der Waals surface area contributed by atoms with Gasteiger partial charge in [-0.3, -0.25) is 14.9 Å². The largest absolute Gasteiger partial charge is 0.417 e. The first-order valence-electron chi connectivity index (χ1n) is 9.82. The van der Waals surface area contributed by atoms with Gasteiger partial charge in [0, 0.05) is 24.0 Å². The normalized spacial score (nSPS) is 19.0. The first-order valence-corrected chi connectivity index (χ1v) is 9.82. The van der Waals surface area contributed by atoms with E-state index in [1.54, 1.807) is 24.5 Å². The Morgan fingerprint density at radius 1 is 1.16 bits per heavy atom. The third-order valence-corrected chi connectivity index (χ3v) is 5.47. The number of aromatic nitrogens is 3. The molecule has 3 aromatic rings. The minimum absolute atomic E-state index is 0.0117. The summed E-state index contributed by atoms with van der Waals surface area (Å²) in [4.78, 5) is 16.8. The molecule has 1 aliphatic rings. The molecule has 1 fully saturated rings. The number of amides is 1. The number of nitriles is 1. The van der Waals surface area contributed by atoms with Crippen LogP contribution in [0.25, 0.3) is 11.0 Å². The van der Waals surface area contributed by atoms with Gasteiger partial charge in [-0.2, -0.15) is 23.5 Å². The number of nitrogens with zero attached hydrogens (tertiary/aromatic N) is 3. The van der Waals surface area contributed by atoms with Crippen LogP contribution in [0, 0.1) is 11.3 Å². The van der Waals surface area contributed by atoms with Crippen molar-refractivity contribution in [2.24, 2.45) is 0 Å². The van der Waals surface area contributed by atoms with Gasteiger partial charge in [0.1, 0.15) is 5.52 Å². The number of fused-ring (bicyclic) bond motifs is 1. The molecule has 31 heavy (non-hydrogen) atoms. The molecule has 0 aliphatic heterocycles. The number of hydrogen-bond acceptors (Lipinski definition) is 5.